The zero-order valence-electron chi connectivity index (χ0n) is 21.8. The number of ether oxygens (including phenoxy) is 1. The van der Waals surface area contributed by atoms with Crippen LogP contribution in [0.1, 0.15) is 45.0 Å². The molecule has 2 fully saturated rings. The van der Waals surface area contributed by atoms with Crippen LogP contribution in [0.15, 0.2) is 30.3 Å². The second-order valence-electron chi connectivity index (χ2n) is 10.1. The molecule has 0 spiro atoms. The average Bonchev–Trinajstić information content (AvgIpc) is 3.42. The predicted molar refractivity (Wildman–Crippen MR) is 132 cm³/mol. The maximum absolute atomic E-state index is 12.9. The van der Waals surface area contributed by atoms with E-state index in [1.807, 2.05) is 30.3 Å². The molecule has 1 aromatic heterocycles. The molecular weight excluding hydrogens is 496 g/mol. The van der Waals surface area contributed by atoms with Crippen molar-refractivity contribution in [1.82, 2.24) is 41.0 Å². The molecule has 2 aliphatic heterocycles. The van der Waals surface area contributed by atoms with E-state index in [1.165, 1.54) is 14.8 Å². The first-order chi connectivity index (χ1) is 18.2. The van der Waals surface area contributed by atoms with Crippen LogP contribution in [0.2, 0.25) is 0 Å². The van der Waals surface area contributed by atoms with Crippen molar-refractivity contribution in [3.63, 3.8) is 0 Å². The standard InChI is InChI=1S/C24H34N8O6/c1-24(2,3)38-22(34)25-12-11-20-26-29-31(27-20)13-14-36-28-21(33)19-10-9-18-15-30(19)23(35)32(18)37-16-17-7-5-4-6-8-17/h4-8,18-19H,9-16H2,1-3H3,(H,25,34)(H,28,33)/t18-,19+/m1/s1. The van der Waals surface area contributed by atoms with E-state index >= 15 is 0 Å². The largest absolute Gasteiger partial charge is 0.444 e. The molecule has 2 bridgehead atoms. The van der Waals surface area contributed by atoms with Crippen molar-refractivity contribution in [2.45, 2.75) is 70.9 Å². The number of tetrazole rings is 1. The van der Waals surface area contributed by atoms with Gasteiger partial charge in [-0.3, -0.25) is 14.5 Å². The van der Waals surface area contributed by atoms with Gasteiger partial charge in [0.25, 0.3) is 5.91 Å². The third-order valence-electron chi connectivity index (χ3n) is 5.92. The van der Waals surface area contributed by atoms with Gasteiger partial charge in [-0.1, -0.05) is 30.3 Å². The summed E-state index contributed by atoms with van der Waals surface area (Å²) in [5.74, 6) is 0.0654. The van der Waals surface area contributed by atoms with E-state index < -0.39 is 17.7 Å². The number of piperidine rings is 1. The van der Waals surface area contributed by atoms with Crippen LogP contribution in [0.25, 0.3) is 0 Å². The Morgan fingerprint density at radius 1 is 1.16 bits per heavy atom. The van der Waals surface area contributed by atoms with Crippen molar-refractivity contribution in [3.8, 4) is 0 Å². The maximum Gasteiger partial charge on any atom is 0.407 e. The summed E-state index contributed by atoms with van der Waals surface area (Å²) < 4.78 is 5.17. The van der Waals surface area contributed by atoms with Crippen molar-refractivity contribution < 1.29 is 28.8 Å². The van der Waals surface area contributed by atoms with Crippen LogP contribution in [0, 0.1) is 0 Å². The molecule has 2 atom stereocenters. The summed E-state index contributed by atoms with van der Waals surface area (Å²) in [6.07, 6.45) is 1.05. The number of aromatic nitrogens is 4. The van der Waals surface area contributed by atoms with E-state index in [4.69, 9.17) is 14.4 Å². The van der Waals surface area contributed by atoms with Gasteiger partial charge in [0, 0.05) is 19.5 Å². The Morgan fingerprint density at radius 3 is 2.71 bits per heavy atom. The number of nitrogens with zero attached hydrogens (tertiary/aromatic N) is 6. The van der Waals surface area contributed by atoms with Gasteiger partial charge >= 0.3 is 12.1 Å². The molecule has 4 amide bonds. The smallest absolute Gasteiger partial charge is 0.407 e. The molecule has 2 saturated heterocycles. The molecule has 14 heteroatoms. The normalized spacial score (nSPS) is 19.0. The Labute approximate surface area is 220 Å². The first-order valence-corrected chi connectivity index (χ1v) is 12.6. The number of fused-ring (bicyclic) bond motifs is 2. The first-order valence-electron chi connectivity index (χ1n) is 12.6. The number of carbonyl (C=O) groups is 3. The fraction of sp³-hybridized carbons (Fsp3) is 0.583. The SMILES string of the molecule is CC(C)(C)OC(=O)NCCc1nnn(CCONC(=O)[C@@H]2CC[C@@H]3CN2C(=O)N3OCc2ccccc2)n1. The van der Waals surface area contributed by atoms with Gasteiger partial charge in [-0.05, 0) is 44.4 Å². The predicted octanol–water partition coefficient (Wildman–Crippen LogP) is 1.19. The molecule has 38 heavy (non-hydrogen) atoms. The van der Waals surface area contributed by atoms with Crippen molar-refractivity contribution in [3.05, 3.63) is 41.7 Å². The Kier molecular flexibility index (Phi) is 8.73. The van der Waals surface area contributed by atoms with Gasteiger partial charge in [-0.15, -0.1) is 10.2 Å². The van der Waals surface area contributed by atoms with Crippen LogP contribution in [0.4, 0.5) is 9.59 Å². The number of amides is 4. The third kappa shape index (κ3) is 7.38. The zero-order chi connectivity index (χ0) is 27.1. The molecule has 0 unspecified atom stereocenters. The molecular formula is C24H34N8O6. The van der Waals surface area contributed by atoms with Gasteiger partial charge < -0.3 is 15.0 Å². The van der Waals surface area contributed by atoms with E-state index in [9.17, 15) is 14.4 Å². The minimum atomic E-state index is -0.627. The molecule has 4 rings (SSSR count). The second kappa shape index (κ2) is 12.2. The Morgan fingerprint density at radius 2 is 1.95 bits per heavy atom. The van der Waals surface area contributed by atoms with Gasteiger partial charge in [0.1, 0.15) is 18.2 Å². The summed E-state index contributed by atoms with van der Waals surface area (Å²) in [5, 5.41) is 16.1. The van der Waals surface area contributed by atoms with Crippen LogP contribution in [0.3, 0.4) is 0 Å². The molecule has 0 aliphatic carbocycles. The van der Waals surface area contributed by atoms with Crippen molar-refractivity contribution >= 4 is 18.0 Å². The number of benzene rings is 1. The van der Waals surface area contributed by atoms with E-state index in [2.05, 4.69) is 26.2 Å². The lowest BCUT2D eigenvalue weighted by Crippen LogP contribution is -2.49. The van der Waals surface area contributed by atoms with Gasteiger partial charge in [0.05, 0.1) is 19.2 Å². The van der Waals surface area contributed by atoms with Crippen LogP contribution in [0.5, 0.6) is 0 Å². The first kappa shape index (κ1) is 27.3. The third-order valence-corrected chi connectivity index (χ3v) is 5.92. The topological polar surface area (TPSA) is 153 Å². The molecule has 1 aromatic carbocycles. The van der Waals surface area contributed by atoms with Crippen molar-refractivity contribution in [2.75, 3.05) is 19.7 Å². The van der Waals surface area contributed by atoms with Gasteiger partial charge in [-0.25, -0.2) is 15.1 Å². The fourth-order valence-corrected chi connectivity index (χ4v) is 4.17. The number of hydroxylamine groups is 3. The van der Waals surface area contributed by atoms with Crippen molar-refractivity contribution in [2.24, 2.45) is 0 Å². The molecule has 0 saturated carbocycles. The highest BCUT2D eigenvalue weighted by Gasteiger charge is 2.48. The fourth-order valence-electron chi connectivity index (χ4n) is 4.17. The number of rotatable bonds is 11. The van der Waals surface area contributed by atoms with Crippen LogP contribution in [-0.4, -0.2) is 85.6 Å². The molecule has 2 aliphatic rings. The number of urea groups is 1. The molecule has 2 aromatic rings. The highest BCUT2D eigenvalue weighted by atomic mass is 16.7. The Hall–Kier alpha value is -3.78. The number of hydrogen-bond acceptors (Lipinski definition) is 9. The Balaban J connectivity index is 1.14. The van der Waals surface area contributed by atoms with Crippen molar-refractivity contribution in [1.29, 1.82) is 0 Å². The lowest BCUT2D eigenvalue weighted by Gasteiger charge is -2.28. The van der Waals surface area contributed by atoms with Crippen LogP contribution in [-0.2, 0) is 38.8 Å². The van der Waals surface area contributed by atoms with E-state index in [0.717, 1.165) is 5.56 Å². The molecule has 2 N–H and O–H groups in total. The number of alkyl carbamates (subject to hydrolysis) is 1. The van der Waals surface area contributed by atoms with Crippen LogP contribution < -0.4 is 10.8 Å². The van der Waals surface area contributed by atoms with Gasteiger partial charge in [0.15, 0.2) is 5.82 Å². The maximum atomic E-state index is 12.9. The molecule has 14 nitrogen and oxygen atoms in total. The summed E-state index contributed by atoms with van der Waals surface area (Å²) in [6.45, 7) is 6.75. The average molecular weight is 531 g/mol. The Bertz CT molecular complexity index is 1100. The van der Waals surface area contributed by atoms with Crippen LogP contribution >= 0.6 is 0 Å². The highest BCUT2D eigenvalue weighted by Crippen LogP contribution is 2.30. The van der Waals surface area contributed by atoms with E-state index in [0.29, 0.717) is 38.2 Å². The number of nitrogens with one attached hydrogen (secondary N) is 2. The molecule has 0 radical (unpaired) electrons. The number of hydrogen-bond donors (Lipinski definition) is 2. The van der Waals surface area contributed by atoms with Gasteiger partial charge in [-0.2, -0.15) is 9.86 Å². The minimum absolute atomic E-state index is 0.0805. The summed E-state index contributed by atoms with van der Waals surface area (Å²) in [6, 6.07) is 8.59. The quantitative estimate of drug-likeness (QED) is 0.322. The summed E-state index contributed by atoms with van der Waals surface area (Å²) in [5.41, 5.74) is 2.82. The second-order valence-corrected chi connectivity index (χ2v) is 10.1. The summed E-state index contributed by atoms with van der Waals surface area (Å²) in [7, 11) is 0. The lowest BCUT2D eigenvalue weighted by atomic mass is 10.0. The molecule has 206 valence electrons. The highest BCUT2D eigenvalue weighted by molar-refractivity contribution is 5.88. The summed E-state index contributed by atoms with van der Waals surface area (Å²) >= 11 is 0. The minimum Gasteiger partial charge on any atom is -0.444 e. The summed E-state index contributed by atoms with van der Waals surface area (Å²) in [4.78, 5) is 51.2. The van der Waals surface area contributed by atoms with E-state index in [1.54, 1.807) is 20.8 Å². The lowest BCUT2D eigenvalue weighted by molar-refractivity contribution is -0.141. The monoisotopic (exact) mass is 530 g/mol. The zero-order valence-corrected chi connectivity index (χ0v) is 21.8. The van der Waals surface area contributed by atoms with Gasteiger partial charge in [0.2, 0.25) is 0 Å². The number of carbonyl (C=O) groups excluding carboxylic acids is 3. The van der Waals surface area contributed by atoms with E-state index in [-0.39, 0.29) is 37.7 Å². The molecule has 3 heterocycles.